The molecule has 2 N–H and O–H groups in total. The average molecular weight is 326 g/mol. The van der Waals surface area contributed by atoms with Gasteiger partial charge in [-0.05, 0) is 17.7 Å². The Morgan fingerprint density at radius 2 is 1.54 bits per heavy atom. The minimum absolute atomic E-state index is 0.264. The van der Waals surface area contributed by atoms with Gasteiger partial charge in [-0.2, -0.15) is 0 Å². The van der Waals surface area contributed by atoms with Gasteiger partial charge in [-0.3, -0.25) is 14.4 Å². The van der Waals surface area contributed by atoms with Gasteiger partial charge in [-0.1, -0.05) is 48.5 Å². The molecule has 6 nitrogen and oxygen atoms in total. The van der Waals surface area contributed by atoms with Crippen LogP contribution in [0.15, 0.2) is 60.7 Å². The molecule has 2 aromatic carbocycles. The van der Waals surface area contributed by atoms with Crippen molar-refractivity contribution in [1.29, 1.82) is 0 Å². The Labute approximate surface area is 139 Å². The normalized spacial score (nSPS) is 11.2. The molecule has 2 rings (SSSR count). The molecule has 0 heterocycles. The Bertz CT molecular complexity index is 701. The van der Waals surface area contributed by atoms with E-state index >= 15 is 0 Å². The van der Waals surface area contributed by atoms with Crippen LogP contribution in [0.4, 0.5) is 0 Å². The molecule has 24 heavy (non-hydrogen) atoms. The lowest BCUT2D eigenvalue weighted by molar-refractivity contribution is -0.141. The van der Waals surface area contributed by atoms with Gasteiger partial charge in [-0.25, -0.2) is 0 Å². The number of ether oxygens (including phenoxy) is 1. The van der Waals surface area contributed by atoms with Crippen LogP contribution in [0.5, 0.6) is 0 Å². The largest absolute Gasteiger partial charge is 0.468 e. The third-order valence-electron chi connectivity index (χ3n) is 3.34. The Balaban J connectivity index is 2.16. The predicted octanol–water partition coefficient (Wildman–Crippen LogP) is 1.45. The second-order valence-electron chi connectivity index (χ2n) is 4.98. The third kappa shape index (κ3) is 4.67. The van der Waals surface area contributed by atoms with E-state index in [9.17, 15) is 14.4 Å². The molecule has 6 heteroatoms. The van der Waals surface area contributed by atoms with E-state index in [1.807, 2.05) is 6.07 Å². The number of nitrogens with one attached hydrogen (secondary N) is 2. The molecule has 1 unspecified atom stereocenters. The van der Waals surface area contributed by atoms with Gasteiger partial charge in [0.15, 0.2) is 0 Å². The van der Waals surface area contributed by atoms with Gasteiger partial charge in [-0.15, -0.1) is 0 Å². The van der Waals surface area contributed by atoms with Gasteiger partial charge in [0.2, 0.25) is 5.91 Å². The minimum atomic E-state index is -0.913. The summed E-state index contributed by atoms with van der Waals surface area (Å²) < 4.78 is 4.50. The monoisotopic (exact) mass is 326 g/mol. The summed E-state index contributed by atoms with van der Waals surface area (Å²) in [5.41, 5.74) is 1.06. The molecular weight excluding hydrogens is 308 g/mol. The van der Waals surface area contributed by atoms with E-state index in [1.54, 1.807) is 54.6 Å². The Morgan fingerprint density at radius 3 is 2.12 bits per heavy atom. The van der Waals surface area contributed by atoms with Gasteiger partial charge in [0, 0.05) is 5.56 Å². The van der Waals surface area contributed by atoms with E-state index in [4.69, 9.17) is 0 Å². The molecule has 0 saturated heterocycles. The van der Waals surface area contributed by atoms with Crippen molar-refractivity contribution in [1.82, 2.24) is 10.6 Å². The second-order valence-corrected chi connectivity index (χ2v) is 4.98. The van der Waals surface area contributed by atoms with Crippen molar-refractivity contribution in [3.8, 4) is 0 Å². The number of amides is 2. The maximum absolute atomic E-state index is 12.4. The fourth-order valence-corrected chi connectivity index (χ4v) is 2.08. The lowest BCUT2D eigenvalue weighted by atomic mass is 10.1. The first-order valence-electron chi connectivity index (χ1n) is 7.37. The van der Waals surface area contributed by atoms with Crippen LogP contribution >= 0.6 is 0 Å². The van der Waals surface area contributed by atoms with Gasteiger partial charge < -0.3 is 15.4 Å². The highest BCUT2D eigenvalue weighted by molar-refractivity contribution is 5.98. The summed E-state index contributed by atoms with van der Waals surface area (Å²) >= 11 is 0. The lowest BCUT2D eigenvalue weighted by Gasteiger charge is -2.18. The fourth-order valence-electron chi connectivity index (χ4n) is 2.08. The number of benzene rings is 2. The summed E-state index contributed by atoms with van der Waals surface area (Å²) in [6, 6.07) is 16.5. The number of hydrogen-bond donors (Lipinski definition) is 2. The number of carbonyl (C=O) groups excluding carboxylic acids is 3. The van der Waals surface area contributed by atoms with Crippen LogP contribution in [-0.2, 0) is 14.3 Å². The maximum atomic E-state index is 12.4. The standard InChI is InChI=1S/C18H18N2O4/c1-24-15(21)12-19-18(23)16(13-8-4-2-5-9-13)20-17(22)14-10-6-3-7-11-14/h2-11,16H,12H2,1H3,(H,19,23)(H,20,22). The van der Waals surface area contributed by atoms with Crippen LogP contribution in [0.2, 0.25) is 0 Å². The van der Waals surface area contributed by atoms with E-state index in [-0.39, 0.29) is 12.5 Å². The highest BCUT2D eigenvalue weighted by atomic mass is 16.5. The molecular formula is C18H18N2O4. The summed E-state index contributed by atoms with van der Waals surface area (Å²) in [5, 5.41) is 5.15. The lowest BCUT2D eigenvalue weighted by Crippen LogP contribution is -2.42. The molecule has 0 radical (unpaired) electrons. The summed E-state index contributed by atoms with van der Waals surface area (Å²) in [5.74, 6) is -1.43. The van der Waals surface area contributed by atoms with Gasteiger partial charge in [0.25, 0.3) is 5.91 Å². The van der Waals surface area contributed by atoms with Crippen molar-refractivity contribution in [2.75, 3.05) is 13.7 Å². The van der Waals surface area contributed by atoms with E-state index in [0.29, 0.717) is 11.1 Å². The van der Waals surface area contributed by atoms with E-state index < -0.39 is 17.9 Å². The van der Waals surface area contributed by atoms with Crippen molar-refractivity contribution < 1.29 is 19.1 Å². The highest BCUT2D eigenvalue weighted by Gasteiger charge is 2.23. The summed E-state index contributed by atoms with van der Waals surface area (Å²) in [4.78, 5) is 35.9. The average Bonchev–Trinajstić information content (AvgIpc) is 2.65. The van der Waals surface area contributed by atoms with Crippen LogP contribution in [0, 0.1) is 0 Å². The molecule has 0 bridgehead atoms. The van der Waals surface area contributed by atoms with Crippen molar-refractivity contribution in [2.24, 2.45) is 0 Å². The fraction of sp³-hybridized carbons (Fsp3) is 0.167. The number of esters is 1. The predicted molar refractivity (Wildman–Crippen MR) is 88.1 cm³/mol. The van der Waals surface area contributed by atoms with Crippen LogP contribution in [0.25, 0.3) is 0 Å². The van der Waals surface area contributed by atoms with Gasteiger partial charge in [0.1, 0.15) is 12.6 Å². The molecule has 0 aliphatic carbocycles. The zero-order valence-electron chi connectivity index (χ0n) is 13.2. The molecule has 0 aliphatic heterocycles. The minimum Gasteiger partial charge on any atom is -0.468 e. The van der Waals surface area contributed by atoms with Crippen LogP contribution < -0.4 is 10.6 Å². The first-order valence-corrected chi connectivity index (χ1v) is 7.37. The Morgan fingerprint density at radius 1 is 0.958 bits per heavy atom. The van der Waals surface area contributed by atoms with Crippen molar-refractivity contribution in [3.05, 3.63) is 71.8 Å². The number of carbonyl (C=O) groups is 3. The highest BCUT2D eigenvalue weighted by Crippen LogP contribution is 2.14. The van der Waals surface area contributed by atoms with E-state index in [0.717, 1.165) is 0 Å². The zero-order chi connectivity index (χ0) is 17.4. The Kier molecular flexibility index (Phi) is 6.08. The molecule has 124 valence electrons. The van der Waals surface area contributed by atoms with Crippen molar-refractivity contribution in [2.45, 2.75) is 6.04 Å². The molecule has 2 amide bonds. The first kappa shape index (κ1) is 17.2. The first-order chi connectivity index (χ1) is 11.6. The maximum Gasteiger partial charge on any atom is 0.325 e. The molecule has 0 fully saturated rings. The molecule has 2 aromatic rings. The number of methoxy groups -OCH3 is 1. The molecule has 0 saturated carbocycles. The number of rotatable bonds is 6. The Hall–Kier alpha value is -3.15. The SMILES string of the molecule is COC(=O)CNC(=O)C(NC(=O)c1ccccc1)c1ccccc1. The molecule has 0 spiro atoms. The zero-order valence-corrected chi connectivity index (χ0v) is 13.2. The van der Waals surface area contributed by atoms with Crippen LogP contribution in [0.1, 0.15) is 22.0 Å². The topological polar surface area (TPSA) is 84.5 Å². The molecule has 1 atom stereocenters. The molecule has 0 aromatic heterocycles. The second kappa shape index (κ2) is 8.47. The van der Waals surface area contributed by atoms with Gasteiger partial charge >= 0.3 is 5.97 Å². The molecule has 0 aliphatic rings. The van der Waals surface area contributed by atoms with E-state index in [1.165, 1.54) is 7.11 Å². The third-order valence-corrected chi connectivity index (χ3v) is 3.34. The van der Waals surface area contributed by atoms with Crippen molar-refractivity contribution >= 4 is 17.8 Å². The number of hydrogen-bond acceptors (Lipinski definition) is 4. The van der Waals surface area contributed by atoms with Crippen molar-refractivity contribution in [3.63, 3.8) is 0 Å². The van der Waals surface area contributed by atoms with Gasteiger partial charge in [0.05, 0.1) is 7.11 Å². The smallest absolute Gasteiger partial charge is 0.325 e. The summed E-state index contributed by atoms with van der Waals surface area (Å²) in [6.07, 6.45) is 0. The van der Waals surface area contributed by atoms with Crippen LogP contribution in [0.3, 0.4) is 0 Å². The summed E-state index contributed by atoms with van der Waals surface area (Å²) in [7, 11) is 1.24. The summed E-state index contributed by atoms with van der Waals surface area (Å²) in [6.45, 7) is -0.264. The van der Waals surface area contributed by atoms with E-state index in [2.05, 4.69) is 15.4 Å². The quantitative estimate of drug-likeness (QED) is 0.787. The van der Waals surface area contributed by atoms with Crippen LogP contribution in [-0.4, -0.2) is 31.4 Å².